The molecule has 0 heterocycles. The van der Waals surface area contributed by atoms with Crippen LogP contribution in [0.15, 0.2) is 24.3 Å². The van der Waals surface area contributed by atoms with E-state index in [1.165, 1.54) is 0 Å². The molecule has 1 aromatic rings. The number of aliphatic hydroxyl groups excluding tert-OH is 1. The fourth-order valence-corrected chi connectivity index (χ4v) is 2.11. The monoisotopic (exact) mass is 252 g/mol. The van der Waals surface area contributed by atoms with Gasteiger partial charge in [0.2, 0.25) is 0 Å². The van der Waals surface area contributed by atoms with Gasteiger partial charge < -0.3 is 15.6 Å². The molecule has 0 aliphatic rings. The topological polar surface area (TPSA) is 58.7 Å². The van der Waals surface area contributed by atoms with Crippen LogP contribution in [0, 0.1) is 0 Å². The summed E-state index contributed by atoms with van der Waals surface area (Å²) in [5, 5.41) is 9.26. The van der Waals surface area contributed by atoms with E-state index in [9.17, 15) is 5.11 Å². The van der Waals surface area contributed by atoms with E-state index in [0.29, 0.717) is 0 Å². The third-order valence-corrected chi connectivity index (χ3v) is 3.35. The van der Waals surface area contributed by atoms with Crippen molar-refractivity contribution in [1.29, 1.82) is 0 Å². The van der Waals surface area contributed by atoms with Crippen LogP contribution in [0.25, 0.3) is 0 Å². The van der Waals surface area contributed by atoms with Gasteiger partial charge in [-0.05, 0) is 38.6 Å². The van der Waals surface area contributed by atoms with Crippen molar-refractivity contribution < 1.29 is 9.84 Å². The van der Waals surface area contributed by atoms with Crippen molar-refractivity contribution in [2.24, 2.45) is 5.73 Å². The highest BCUT2D eigenvalue weighted by Crippen LogP contribution is 2.25. The second-order valence-electron chi connectivity index (χ2n) is 4.77. The van der Waals surface area contributed by atoms with E-state index in [0.717, 1.165) is 11.3 Å². The van der Waals surface area contributed by atoms with Gasteiger partial charge in [0.15, 0.2) is 0 Å². The van der Waals surface area contributed by atoms with Gasteiger partial charge in [-0.1, -0.05) is 12.1 Å². The number of hydrogen-bond donors (Lipinski definition) is 2. The first-order chi connectivity index (χ1) is 8.51. The van der Waals surface area contributed by atoms with Crippen LogP contribution in [-0.2, 0) is 0 Å². The molecule has 4 heteroatoms. The van der Waals surface area contributed by atoms with Crippen molar-refractivity contribution in [3.05, 3.63) is 29.8 Å². The molecule has 1 aromatic carbocycles. The lowest BCUT2D eigenvalue weighted by Crippen LogP contribution is -2.43. The van der Waals surface area contributed by atoms with Gasteiger partial charge in [-0.2, -0.15) is 0 Å². The smallest absolute Gasteiger partial charge is 0.118 e. The van der Waals surface area contributed by atoms with Crippen LogP contribution < -0.4 is 10.5 Å². The number of ether oxygens (including phenoxy) is 1. The minimum atomic E-state index is -0.0163. The number of aliphatic hydroxyl groups is 1. The molecule has 0 amide bonds. The van der Waals surface area contributed by atoms with Crippen molar-refractivity contribution >= 4 is 0 Å². The molecule has 18 heavy (non-hydrogen) atoms. The van der Waals surface area contributed by atoms with E-state index in [1.807, 2.05) is 45.2 Å². The molecule has 4 nitrogen and oxygen atoms in total. The highest BCUT2D eigenvalue weighted by atomic mass is 16.5. The predicted octanol–water partition coefficient (Wildman–Crippen LogP) is 1.40. The lowest BCUT2D eigenvalue weighted by Gasteiger charge is -2.35. The Morgan fingerprint density at radius 2 is 1.83 bits per heavy atom. The normalized spacial score (nSPS) is 16.4. The van der Waals surface area contributed by atoms with Crippen LogP contribution >= 0.6 is 0 Å². The third kappa shape index (κ3) is 3.45. The summed E-state index contributed by atoms with van der Waals surface area (Å²) in [6.07, 6.45) is 0. The molecule has 3 atom stereocenters. The molecular formula is C14H24N2O2. The highest BCUT2D eigenvalue weighted by molar-refractivity contribution is 5.29. The van der Waals surface area contributed by atoms with Gasteiger partial charge in [-0.3, -0.25) is 4.90 Å². The number of methoxy groups -OCH3 is 1. The Bertz CT molecular complexity index is 351. The molecule has 0 aromatic heterocycles. The Kier molecular flexibility index (Phi) is 5.59. The standard InChI is InChI=1S/C14H24N2O2/c1-10(9-17)16(3)14(11(2)15)12-5-7-13(18-4)8-6-12/h5-8,10-11,14,17H,9,15H2,1-4H3. The third-order valence-electron chi connectivity index (χ3n) is 3.35. The quantitative estimate of drug-likeness (QED) is 0.803. The minimum Gasteiger partial charge on any atom is -0.497 e. The fourth-order valence-electron chi connectivity index (χ4n) is 2.11. The molecule has 0 saturated carbocycles. The van der Waals surface area contributed by atoms with Gasteiger partial charge in [-0.25, -0.2) is 0 Å². The van der Waals surface area contributed by atoms with Gasteiger partial charge in [0.05, 0.1) is 13.7 Å². The SMILES string of the molecule is COc1ccc(C(C(C)N)N(C)C(C)CO)cc1. The zero-order chi connectivity index (χ0) is 13.7. The maximum absolute atomic E-state index is 9.26. The first-order valence-electron chi connectivity index (χ1n) is 6.23. The average Bonchev–Trinajstić information content (AvgIpc) is 2.38. The Labute approximate surface area is 109 Å². The van der Waals surface area contributed by atoms with Crippen molar-refractivity contribution in [2.45, 2.75) is 32.0 Å². The summed E-state index contributed by atoms with van der Waals surface area (Å²) in [6, 6.07) is 8.05. The van der Waals surface area contributed by atoms with Crippen LogP contribution in [0.1, 0.15) is 25.5 Å². The fraction of sp³-hybridized carbons (Fsp3) is 0.571. The Balaban J connectivity index is 2.96. The number of rotatable bonds is 6. The lowest BCUT2D eigenvalue weighted by atomic mass is 9.98. The first-order valence-corrected chi connectivity index (χ1v) is 6.23. The summed E-state index contributed by atoms with van der Waals surface area (Å²) < 4.78 is 5.15. The first kappa shape index (κ1) is 15.0. The number of nitrogens with zero attached hydrogens (tertiary/aromatic N) is 1. The van der Waals surface area contributed by atoms with E-state index in [4.69, 9.17) is 10.5 Å². The minimum absolute atomic E-state index is 0.0163. The summed E-state index contributed by atoms with van der Waals surface area (Å²) in [6.45, 7) is 4.09. The van der Waals surface area contributed by atoms with E-state index in [1.54, 1.807) is 7.11 Å². The second-order valence-corrected chi connectivity index (χ2v) is 4.77. The van der Waals surface area contributed by atoms with E-state index in [-0.39, 0.29) is 24.7 Å². The predicted molar refractivity (Wildman–Crippen MR) is 73.7 cm³/mol. The van der Waals surface area contributed by atoms with Gasteiger partial charge in [-0.15, -0.1) is 0 Å². The van der Waals surface area contributed by atoms with Gasteiger partial charge in [0.1, 0.15) is 5.75 Å². The molecular weight excluding hydrogens is 228 g/mol. The van der Waals surface area contributed by atoms with Gasteiger partial charge >= 0.3 is 0 Å². The lowest BCUT2D eigenvalue weighted by molar-refractivity contribution is 0.109. The van der Waals surface area contributed by atoms with Gasteiger partial charge in [0, 0.05) is 18.1 Å². The van der Waals surface area contributed by atoms with Crippen LogP contribution in [0.5, 0.6) is 5.75 Å². The molecule has 0 fully saturated rings. The molecule has 0 spiro atoms. The largest absolute Gasteiger partial charge is 0.497 e. The second kappa shape index (κ2) is 6.73. The molecule has 0 radical (unpaired) electrons. The average molecular weight is 252 g/mol. The maximum Gasteiger partial charge on any atom is 0.118 e. The van der Waals surface area contributed by atoms with E-state index in [2.05, 4.69) is 4.90 Å². The number of benzene rings is 1. The molecule has 0 aliphatic heterocycles. The number of likely N-dealkylation sites (N-methyl/N-ethyl adjacent to an activating group) is 1. The molecule has 0 saturated heterocycles. The Morgan fingerprint density at radius 3 is 2.22 bits per heavy atom. The van der Waals surface area contributed by atoms with Crippen molar-refractivity contribution in [3.63, 3.8) is 0 Å². The number of nitrogens with two attached hydrogens (primary N) is 1. The van der Waals surface area contributed by atoms with E-state index < -0.39 is 0 Å². The van der Waals surface area contributed by atoms with Gasteiger partial charge in [0.25, 0.3) is 0 Å². The summed E-state index contributed by atoms with van der Waals surface area (Å²) in [5.74, 6) is 0.833. The molecule has 0 aliphatic carbocycles. The molecule has 3 unspecified atom stereocenters. The maximum atomic E-state index is 9.26. The van der Waals surface area contributed by atoms with Crippen molar-refractivity contribution in [2.75, 3.05) is 20.8 Å². The van der Waals surface area contributed by atoms with Crippen LogP contribution in [-0.4, -0.2) is 42.9 Å². The van der Waals surface area contributed by atoms with Crippen LogP contribution in [0.3, 0.4) is 0 Å². The van der Waals surface area contributed by atoms with Crippen LogP contribution in [0.2, 0.25) is 0 Å². The number of hydrogen-bond acceptors (Lipinski definition) is 4. The zero-order valence-corrected chi connectivity index (χ0v) is 11.6. The summed E-state index contributed by atoms with van der Waals surface area (Å²) in [4.78, 5) is 2.10. The van der Waals surface area contributed by atoms with Crippen LogP contribution in [0.4, 0.5) is 0 Å². The van der Waals surface area contributed by atoms with Crippen molar-refractivity contribution in [1.82, 2.24) is 4.90 Å². The summed E-state index contributed by atoms with van der Waals surface area (Å²) in [5.41, 5.74) is 7.21. The summed E-state index contributed by atoms with van der Waals surface area (Å²) >= 11 is 0. The zero-order valence-electron chi connectivity index (χ0n) is 11.6. The van der Waals surface area contributed by atoms with Crippen molar-refractivity contribution in [3.8, 4) is 5.75 Å². The Morgan fingerprint density at radius 1 is 1.28 bits per heavy atom. The Hall–Kier alpha value is -1.10. The van der Waals surface area contributed by atoms with E-state index >= 15 is 0 Å². The molecule has 1 rings (SSSR count). The molecule has 102 valence electrons. The molecule has 3 N–H and O–H groups in total. The molecule has 0 bridgehead atoms. The highest BCUT2D eigenvalue weighted by Gasteiger charge is 2.24. The summed E-state index contributed by atoms with van der Waals surface area (Å²) in [7, 11) is 3.64.